The van der Waals surface area contributed by atoms with Gasteiger partial charge in [-0.1, -0.05) is 65.5 Å². The number of benzene rings is 2. The molecule has 0 aliphatic heterocycles. The van der Waals surface area contributed by atoms with Gasteiger partial charge >= 0.3 is 68.9 Å². The number of phenolic OH excluding ortho intramolecular Hbond substituents is 1. The fourth-order valence-electron chi connectivity index (χ4n) is 2.71. The molecule has 2 aromatic carbocycles. The standard InChI is InChI=1S/C24H34O5.Cs/c1-23(2,3)17-7-9-19(25)21(15-17)28-13-11-27-12-14-29-22-16-18(24(4,5)6)8-10-20(22)26;/h7-10,15-16,25-26H,11-14H2,1-6H3;/q;+1/p-1. The van der Waals surface area contributed by atoms with Crippen LogP contribution < -0.4 is 83.5 Å². The first-order valence-electron chi connectivity index (χ1n) is 9.97. The summed E-state index contributed by atoms with van der Waals surface area (Å²) in [5, 5.41) is 21.9. The quantitative estimate of drug-likeness (QED) is 0.521. The van der Waals surface area contributed by atoms with Gasteiger partial charge in [-0.2, -0.15) is 0 Å². The molecule has 0 spiro atoms. The van der Waals surface area contributed by atoms with Crippen LogP contribution in [0.4, 0.5) is 0 Å². The van der Waals surface area contributed by atoms with Crippen LogP contribution in [0.1, 0.15) is 52.7 Å². The van der Waals surface area contributed by atoms with Crippen LogP contribution in [0.25, 0.3) is 0 Å². The monoisotopic (exact) mass is 534 g/mol. The molecule has 160 valence electrons. The van der Waals surface area contributed by atoms with Gasteiger partial charge in [-0.25, -0.2) is 0 Å². The molecular weight excluding hydrogens is 501 g/mol. The second-order valence-electron chi connectivity index (χ2n) is 9.15. The van der Waals surface area contributed by atoms with Gasteiger partial charge in [-0.3, -0.25) is 0 Å². The molecule has 0 aliphatic rings. The summed E-state index contributed by atoms with van der Waals surface area (Å²) in [6.45, 7) is 13.9. The second-order valence-corrected chi connectivity index (χ2v) is 9.15. The number of ether oxygens (including phenoxy) is 3. The summed E-state index contributed by atoms with van der Waals surface area (Å²) in [4.78, 5) is 0. The first-order valence-corrected chi connectivity index (χ1v) is 9.97. The zero-order chi connectivity index (χ0) is 21.7. The maximum atomic E-state index is 11.9. The van der Waals surface area contributed by atoms with E-state index in [1.807, 2.05) is 18.2 Å². The molecule has 0 radical (unpaired) electrons. The Labute approximate surface area is 239 Å². The summed E-state index contributed by atoms with van der Waals surface area (Å²) < 4.78 is 16.8. The third kappa shape index (κ3) is 8.65. The van der Waals surface area contributed by atoms with Crippen LogP contribution in [-0.2, 0) is 15.6 Å². The topological polar surface area (TPSA) is 71.0 Å². The van der Waals surface area contributed by atoms with Crippen molar-refractivity contribution in [2.45, 2.75) is 52.4 Å². The van der Waals surface area contributed by atoms with E-state index in [0.717, 1.165) is 11.1 Å². The molecule has 0 unspecified atom stereocenters. The zero-order valence-corrected chi connectivity index (χ0v) is 25.7. The minimum Gasteiger partial charge on any atom is -0.870 e. The largest absolute Gasteiger partial charge is 1.00 e. The predicted octanol–water partition coefficient (Wildman–Crippen LogP) is 1.54. The molecule has 0 aromatic heterocycles. The van der Waals surface area contributed by atoms with Crippen molar-refractivity contribution in [3.05, 3.63) is 47.5 Å². The van der Waals surface area contributed by atoms with Gasteiger partial charge in [0, 0.05) is 0 Å². The number of rotatable bonds is 8. The molecular formula is C24H33CsO5. The average Bonchev–Trinajstić information content (AvgIpc) is 2.61. The molecule has 0 fully saturated rings. The first-order chi connectivity index (χ1) is 13.5. The first kappa shape index (κ1) is 27.7. The molecule has 0 saturated carbocycles. The second kappa shape index (κ2) is 12.0. The van der Waals surface area contributed by atoms with Crippen LogP contribution in [0, 0.1) is 0 Å². The molecule has 0 amide bonds. The Balaban J connectivity index is 0.00000450. The van der Waals surface area contributed by atoms with Gasteiger partial charge in [0.2, 0.25) is 0 Å². The molecule has 0 heterocycles. The molecule has 0 saturated heterocycles. The van der Waals surface area contributed by atoms with Crippen molar-refractivity contribution in [2.75, 3.05) is 26.4 Å². The third-order valence-corrected chi connectivity index (χ3v) is 4.61. The van der Waals surface area contributed by atoms with Crippen molar-refractivity contribution >= 4 is 0 Å². The minimum atomic E-state index is -0.129. The van der Waals surface area contributed by atoms with E-state index in [4.69, 9.17) is 14.2 Å². The Morgan fingerprint density at radius 3 is 1.73 bits per heavy atom. The summed E-state index contributed by atoms with van der Waals surface area (Å²) >= 11 is 0. The Kier molecular flexibility index (Phi) is 11.1. The molecule has 30 heavy (non-hydrogen) atoms. The molecule has 5 nitrogen and oxygen atoms in total. The molecule has 0 aliphatic carbocycles. The minimum absolute atomic E-state index is 0. The van der Waals surface area contributed by atoms with Crippen molar-refractivity contribution < 1.29 is 93.3 Å². The van der Waals surface area contributed by atoms with Gasteiger partial charge in [-0.05, 0) is 40.2 Å². The number of hydrogen-bond donors (Lipinski definition) is 1. The molecule has 6 heteroatoms. The van der Waals surface area contributed by atoms with Crippen molar-refractivity contribution in [1.82, 2.24) is 0 Å². The SMILES string of the molecule is CC(C)(C)c1ccc([O-])c(OCCOCCOc2cc(C(C)(C)C)ccc2O)c1.[Cs+]. The summed E-state index contributed by atoms with van der Waals surface area (Å²) in [5.41, 5.74) is 2.07. The van der Waals surface area contributed by atoms with Crippen molar-refractivity contribution in [1.29, 1.82) is 0 Å². The van der Waals surface area contributed by atoms with Crippen LogP contribution in [0.3, 0.4) is 0 Å². The van der Waals surface area contributed by atoms with E-state index < -0.39 is 0 Å². The number of phenols is 1. The van der Waals surface area contributed by atoms with E-state index in [2.05, 4.69) is 41.5 Å². The Morgan fingerprint density at radius 2 is 1.20 bits per heavy atom. The van der Waals surface area contributed by atoms with Crippen LogP contribution >= 0.6 is 0 Å². The van der Waals surface area contributed by atoms with Gasteiger partial charge in [0.05, 0.1) is 13.2 Å². The Hall–Kier alpha value is -0.348. The molecule has 2 aromatic rings. The zero-order valence-electron chi connectivity index (χ0n) is 19.4. The normalized spacial score (nSPS) is 11.7. The summed E-state index contributed by atoms with van der Waals surface area (Å²) in [6.07, 6.45) is 0. The maximum absolute atomic E-state index is 11.9. The van der Waals surface area contributed by atoms with Gasteiger partial charge in [0.25, 0.3) is 0 Å². The fourth-order valence-corrected chi connectivity index (χ4v) is 2.71. The average molecular weight is 534 g/mol. The van der Waals surface area contributed by atoms with Gasteiger partial charge in [0.1, 0.15) is 19.0 Å². The van der Waals surface area contributed by atoms with E-state index >= 15 is 0 Å². The van der Waals surface area contributed by atoms with E-state index in [-0.39, 0.29) is 97.8 Å². The Morgan fingerprint density at radius 1 is 0.733 bits per heavy atom. The van der Waals surface area contributed by atoms with Crippen molar-refractivity contribution in [3.8, 4) is 23.0 Å². The molecule has 0 atom stereocenters. The summed E-state index contributed by atoms with van der Waals surface area (Å²) in [6, 6.07) is 10.6. The van der Waals surface area contributed by atoms with E-state index in [0.29, 0.717) is 31.3 Å². The third-order valence-electron chi connectivity index (χ3n) is 4.61. The van der Waals surface area contributed by atoms with Crippen LogP contribution in [0.15, 0.2) is 36.4 Å². The number of aromatic hydroxyl groups is 1. The number of hydrogen-bond acceptors (Lipinski definition) is 5. The van der Waals surface area contributed by atoms with E-state index in [9.17, 15) is 10.2 Å². The van der Waals surface area contributed by atoms with Crippen LogP contribution in [0.5, 0.6) is 23.0 Å². The maximum Gasteiger partial charge on any atom is 1.00 e. The molecule has 2 rings (SSSR count). The van der Waals surface area contributed by atoms with Crippen molar-refractivity contribution in [3.63, 3.8) is 0 Å². The smallest absolute Gasteiger partial charge is 0.870 e. The summed E-state index contributed by atoms with van der Waals surface area (Å²) in [5.74, 6) is 0.784. The van der Waals surface area contributed by atoms with Crippen LogP contribution in [-0.4, -0.2) is 31.5 Å². The van der Waals surface area contributed by atoms with Gasteiger partial charge < -0.3 is 24.4 Å². The van der Waals surface area contributed by atoms with Crippen molar-refractivity contribution in [2.24, 2.45) is 0 Å². The van der Waals surface area contributed by atoms with Gasteiger partial charge in [-0.15, -0.1) is 0 Å². The van der Waals surface area contributed by atoms with E-state index in [1.165, 1.54) is 0 Å². The fraction of sp³-hybridized carbons (Fsp3) is 0.500. The Bertz CT molecular complexity index is 739. The van der Waals surface area contributed by atoms with Crippen LogP contribution in [0.2, 0.25) is 0 Å². The molecule has 1 N–H and O–H groups in total. The summed E-state index contributed by atoms with van der Waals surface area (Å²) in [7, 11) is 0. The van der Waals surface area contributed by atoms with Gasteiger partial charge in [0.15, 0.2) is 11.5 Å². The predicted molar refractivity (Wildman–Crippen MR) is 113 cm³/mol. The van der Waals surface area contributed by atoms with E-state index in [1.54, 1.807) is 18.2 Å². The molecule has 0 bridgehead atoms.